The molecule has 0 saturated heterocycles. The summed E-state index contributed by atoms with van der Waals surface area (Å²) in [4.78, 5) is 4.46. The molecule has 0 bridgehead atoms. The molecule has 0 amide bonds. The Morgan fingerprint density at radius 2 is 2.31 bits per heavy atom. The Hall–Kier alpha value is -0.610. The van der Waals surface area contributed by atoms with Crippen molar-refractivity contribution in [3.63, 3.8) is 0 Å². The molecular weight excluding hydrogens is 220 g/mol. The summed E-state index contributed by atoms with van der Waals surface area (Å²) >= 11 is 1.66. The Kier molecular flexibility index (Phi) is 4.18. The molecule has 1 aliphatic rings. The van der Waals surface area contributed by atoms with Crippen LogP contribution in [0, 0.1) is 5.92 Å². The number of hydrogen-bond acceptors (Lipinski definition) is 4. The summed E-state index contributed by atoms with van der Waals surface area (Å²) in [7, 11) is 0. The topological polar surface area (TPSA) is 45.1 Å². The highest BCUT2D eigenvalue weighted by atomic mass is 32.1. The molecule has 2 atom stereocenters. The zero-order chi connectivity index (χ0) is 11.4. The average Bonchev–Trinajstić information content (AvgIpc) is 2.76. The normalized spacial score (nSPS) is 25.6. The molecule has 1 saturated carbocycles. The summed E-state index contributed by atoms with van der Waals surface area (Å²) in [6, 6.07) is 0. The standard InChI is InChI=1S/C12H20N2OS/c1-2-10-8-16-12(14-10)13-7-9-5-3-4-6-11(9)15/h8-9,11,15H,2-7H2,1H3,(H,13,14). The third-order valence-electron chi connectivity index (χ3n) is 3.30. The number of aliphatic hydroxyl groups excluding tert-OH is 1. The highest BCUT2D eigenvalue weighted by molar-refractivity contribution is 7.13. The van der Waals surface area contributed by atoms with Crippen molar-refractivity contribution in [3.8, 4) is 0 Å². The Labute approximate surface area is 101 Å². The molecule has 0 spiro atoms. The van der Waals surface area contributed by atoms with Crippen molar-refractivity contribution in [1.82, 2.24) is 4.98 Å². The van der Waals surface area contributed by atoms with E-state index in [1.165, 1.54) is 12.8 Å². The van der Waals surface area contributed by atoms with E-state index in [0.717, 1.165) is 36.6 Å². The van der Waals surface area contributed by atoms with Gasteiger partial charge in [-0.25, -0.2) is 4.98 Å². The Morgan fingerprint density at radius 3 is 3.00 bits per heavy atom. The molecule has 2 N–H and O–H groups in total. The lowest BCUT2D eigenvalue weighted by Crippen LogP contribution is -2.30. The monoisotopic (exact) mass is 240 g/mol. The first kappa shape index (κ1) is 11.9. The molecule has 0 aliphatic heterocycles. The van der Waals surface area contributed by atoms with Gasteiger partial charge in [-0.1, -0.05) is 19.8 Å². The fraction of sp³-hybridized carbons (Fsp3) is 0.750. The number of nitrogens with zero attached hydrogens (tertiary/aromatic N) is 1. The number of thiazole rings is 1. The second kappa shape index (κ2) is 5.64. The molecule has 4 heteroatoms. The van der Waals surface area contributed by atoms with E-state index >= 15 is 0 Å². The van der Waals surface area contributed by atoms with Gasteiger partial charge < -0.3 is 10.4 Å². The van der Waals surface area contributed by atoms with Gasteiger partial charge >= 0.3 is 0 Å². The lowest BCUT2D eigenvalue weighted by molar-refractivity contribution is 0.0763. The predicted octanol–water partition coefficient (Wildman–Crippen LogP) is 2.67. The number of anilines is 1. The zero-order valence-corrected chi connectivity index (χ0v) is 10.6. The van der Waals surface area contributed by atoms with Crippen LogP contribution in [0.25, 0.3) is 0 Å². The van der Waals surface area contributed by atoms with E-state index in [1.54, 1.807) is 11.3 Å². The molecule has 1 aromatic rings. The first-order valence-corrected chi connectivity index (χ1v) is 7.04. The summed E-state index contributed by atoms with van der Waals surface area (Å²) in [5, 5.41) is 16.3. The van der Waals surface area contributed by atoms with Crippen LogP contribution in [0.1, 0.15) is 38.3 Å². The molecular formula is C12H20N2OS. The van der Waals surface area contributed by atoms with Crippen LogP contribution >= 0.6 is 11.3 Å². The summed E-state index contributed by atoms with van der Waals surface area (Å²) in [5.41, 5.74) is 1.15. The molecule has 2 unspecified atom stereocenters. The van der Waals surface area contributed by atoms with Gasteiger partial charge in [0.15, 0.2) is 5.13 Å². The van der Waals surface area contributed by atoms with E-state index < -0.39 is 0 Å². The fourth-order valence-corrected chi connectivity index (χ4v) is 3.00. The first-order valence-electron chi connectivity index (χ1n) is 6.16. The Morgan fingerprint density at radius 1 is 1.50 bits per heavy atom. The molecule has 2 rings (SSSR count). The molecule has 1 aliphatic carbocycles. The maximum atomic E-state index is 9.84. The molecule has 1 heterocycles. The molecule has 1 aromatic heterocycles. The molecule has 1 fully saturated rings. The molecule has 16 heavy (non-hydrogen) atoms. The minimum absolute atomic E-state index is 0.119. The van der Waals surface area contributed by atoms with Crippen LogP contribution in [0.3, 0.4) is 0 Å². The van der Waals surface area contributed by atoms with Gasteiger partial charge in [0.25, 0.3) is 0 Å². The van der Waals surface area contributed by atoms with E-state index in [9.17, 15) is 5.11 Å². The first-order chi connectivity index (χ1) is 7.79. The van der Waals surface area contributed by atoms with Crippen LogP contribution in [0.4, 0.5) is 5.13 Å². The van der Waals surface area contributed by atoms with Crippen LogP contribution < -0.4 is 5.32 Å². The maximum absolute atomic E-state index is 9.84. The lowest BCUT2D eigenvalue weighted by Gasteiger charge is -2.27. The van der Waals surface area contributed by atoms with Crippen molar-refractivity contribution in [3.05, 3.63) is 11.1 Å². The highest BCUT2D eigenvalue weighted by Gasteiger charge is 2.22. The van der Waals surface area contributed by atoms with Gasteiger partial charge in [-0.15, -0.1) is 11.3 Å². The van der Waals surface area contributed by atoms with Crippen molar-refractivity contribution < 1.29 is 5.11 Å². The van der Waals surface area contributed by atoms with Gasteiger partial charge in [0.1, 0.15) is 0 Å². The molecule has 3 nitrogen and oxygen atoms in total. The van der Waals surface area contributed by atoms with Crippen molar-refractivity contribution in [1.29, 1.82) is 0 Å². The smallest absolute Gasteiger partial charge is 0.182 e. The van der Waals surface area contributed by atoms with E-state index in [1.807, 2.05) is 0 Å². The minimum atomic E-state index is -0.119. The minimum Gasteiger partial charge on any atom is -0.393 e. The number of nitrogens with one attached hydrogen (secondary N) is 1. The van der Waals surface area contributed by atoms with Crippen LogP contribution in [0.2, 0.25) is 0 Å². The van der Waals surface area contributed by atoms with Crippen molar-refractivity contribution in [2.24, 2.45) is 5.92 Å². The summed E-state index contributed by atoms with van der Waals surface area (Å²) in [6.45, 7) is 2.97. The van der Waals surface area contributed by atoms with Crippen molar-refractivity contribution >= 4 is 16.5 Å². The Bertz CT molecular complexity index is 327. The molecule has 90 valence electrons. The number of rotatable bonds is 4. The van der Waals surface area contributed by atoms with E-state index in [0.29, 0.717) is 5.92 Å². The third kappa shape index (κ3) is 2.95. The van der Waals surface area contributed by atoms with Gasteiger partial charge in [-0.3, -0.25) is 0 Å². The second-order valence-corrected chi connectivity index (χ2v) is 5.35. The SMILES string of the molecule is CCc1csc(NCC2CCCCC2O)n1. The fourth-order valence-electron chi connectivity index (χ4n) is 2.20. The van der Waals surface area contributed by atoms with E-state index in [-0.39, 0.29) is 6.10 Å². The number of aromatic nitrogens is 1. The van der Waals surface area contributed by atoms with Gasteiger partial charge in [0, 0.05) is 17.8 Å². The van der Waals surface area contributed by atoms with E-state index in [4.69, 9.17) is 0 Å². The molecule has 0 aromatic carbocycles. The van der Waals surface area contributed by atoms with Gasteiger partial charge in [0.2, 0.25) is 0 Å². The van der Waals surface area contributed by atoms with Crippen LogP contribution in [-0.2, 0) is 6.42 Å². The third-order valence-corrected chi connectivity index (χ3v) is 4.15. The maximum Gasteiger partial charge on any atom is 0.182 e. The average molecular weight is 240 g/mol. The van der Waals surface area contributed by atoms with Crippen LogP contribution in [-0.4, -0.2) is 22.7 Å². The Balaban J connectivity index is 1.81. The van der Waals surface area contributed by atoms with Gasteiger partial charge in [0.05, 0.1) is 11.8 Å². The number of aliphatic hydroxyl groups is 1. The van der Waals surface area contributed by atoms with Crippen LogP contribution in [0.15, 0.2) is 5.38 Å². The largest absolute Gasteiger partial charge is 0.393 e. The summed E-state index contributed by atoms with van der Waals surface area (Å²) in [6.07, 6.45) is 5.40. The van der Waals surface area contributed by atoms with E-state index in [2.05, 4.69) is 22.6 Å². The van der Waals surface area contributed by atoms with Crippen molar-refractivity contribution in [2.45, 2.75) is 45.1 Å². The van der Waals surface area contributed by atoms with Crippen molar-refractivity contribution in [2.75, 3.05) is 11.9 Å². The quantitative estimate of drug-likeness (QED) is 0.850. The summed E-state index contributed by atoms with van der Waals surface area (Å²) < 4.78 is 0. The van der Waals surface area contributed by atoms with Crippen LogP contribution in [0.5, 0.6) is 0 Å². The number of aryl methyl sites for hydroxylation is 1. The van der Waals surface area contributed by atoms with Gasteiger partial charge in [-0.05, 0) is 19.3 Å². The highest BCUT2D eigenvalue weighted by Crippen LogP contribution is 2.25. The predicted molar refractivity (Wildman–Crippen MR) is 67.9 cm³/mol. The lowest BCUT2D eigenvalue weighted by atomic mass is 9.86. The van der Waals surface area contributed by atoms with Gasteiger partial charge in [-0.2, -0.15) is 0 Å². The number of hydrogen-bond donors (Lipinski definition) is 2. The second-order valence-electron chi connectivity index (χ2n) is 4.49. The zero-order valence-electron chi connectivity index (χ0n) is 9.78. The summed E-state index contributed by atoms with van der Waals surface area (Å²) in [5.74, 6) is 0.405. The molecule has 0 radical (unpaired) electrons.